The lowest BCUT2D eigenvalue weighted by atomic mass is 9.89. The number of nitrogens with one attached hydrogen (secondary N) is 2. The number of hydrogen-bond donors (Lipinski definition) is 2. The summed E-state index contributed by atoms with van der Waals surface area (Å²) in [5.41, 5.74) is 0. The van der Waals surface area contributed by atoms with Crippen LogP contribution in [0.25, 0.3) is 0 Å². The molecule has 2 bridgehead atoms. The minimum atomic E-state index is 0.853. The standard InChI is InChI=1S/C13H24N2/c1(2-10-3-4-10)7-14-9-11-8-12-5-6-13(11)15-12/h10-15H,1-9H2. The van der Waals surface area contributed by atoms with Crippen LogP contribution in [-0.2, 0) is 0 Å². The normalized spacial score (nSPS) is 38.8. The molecular weight excluding hydrogens is 184 g/mol. The zero-order valence-corrected chi connectivity index (χ0v) is 9.67. The lowest BCUT2D eigenvalue weighted by Gasteiger charge is -2.20. The molecule has 0 spiro atoms. The van der Waals surface area contributed by atoms with E-state index in [0.29, 0.717) is 0 Å². The summed E-state index contributed by atoms with van der Waals surface area (Å²) < 4.78 is 0. The van der Waals surface area contributed by atoms with Gasteiger partial charge in [-0.2, -0.15) is 0 Å². The van der Waals surface area contributed by atoms with Gasteiger partial charge in [-0.15, -0.1) is 0 Å². The van der Waals surface area contributed by atoms with Gasteiger partial charge in [0.15, 0.2) is 0 Å². The summed E-state index contributed by atoms with van der Waals surface area (Å²) in [4.78, 5) is 0. The number of rotatable bonds is 6. The van der Waals surface area contributed by atoms with E-state index in [1.54, 1.807) is 0 Å². The predicted molar refractivity (Wildman–Crippen MR) is 62.9 cm³/mol. The fourth-order valence-electron chi connectivity index (χ4n) is 3.37. The van der Waals surface area contributed by atoms with Gasteiger partial charge >= 0.3 is 0 Å². The highest BCUT2D eigenvalue weighted by molar-refractivity contribution is 4.97. The lowest BCUT2D eigenvalue weighted by Crippen LogP contribution is -2.32. The molecule has 0 radical (unpaired) electrons. The quantitative estimate of drug-likeness (QED) is 0.652. The molecule has 1 aliphatic carbocycles. The summed E-state index contributed by atoms with van der Waals surface area (Å²) in [7, 11) is 0. The molecule has 3 rings (SSSR count). The second kappa shape index (κ2) is 4.42. The minimum absolute atomic E-state index is 0.853. The van der Waals surface area contributed by atoms with Crippen molar-refractivity contribution in [1.82, 2.24) is 10.6 Å². The topological polar surface area (TPSA) is 24.1 Å². The first-order valence-corrected chi connectivity index (χ1v) is 6.88. The third kappa shape index (κ3) is 2.54. The van der Waals surface area contributed by atoms with Crippen LogP contribution >= 0.6 is 0 Å². The molecule has 3 fully saturated rings. The van der Waals surface area contributed by atoms with E-state index in [2.05, 4.69) is 10.6 Å². The molecule has 15 heavy (non-hydrogen) atoms. The van der Waals surface area contributed by atoms with Crippen molar-refractivity contribution in [3.8, 4) is 0 Å². The summed E-state index contributed by atoms with van der Waals surface area (Å²) in [6.07, 6.45) is 10.2. The van der Waals surface area contributed by atoms with Crippen molar-refractivity contribution in [3.05, 3.63) is 0 Å². The molecule has 0 aromatic heterocycles. The molecule has 3 unspecified atom stereocenters. The van der Waals surface area contributed by atoms with Gasteiger partial charge in [-0.3, -0.25) is 0 Å². The molecule has 2 N–H and O–H groups in total. The molecule has 2 aliphatic heterocycles. The van der Waals surface area contributed by atoms with Gasteiger partial charge < -0.3 is 10.6 Å². The van der Waals surface area contributed by atoms with E-state index in [1.165, 1.54) is 58.0 Å². The first-order chi connectivity index (χ1) is 7.42. The Labute approximate surface area is 93.2 Å². The predicted octanol–water partition coefficient (Wildman–Crippen LogP) is 1.91. The van der Waals surface area contributed by atoms with Crippen LogP contribution in [0.5, 0.6) is 0 Å². The first kappa shape index (κ1) is 10.1. The maximum atomic E-state index is 3.71. The highest BCUT2D eigenvalue weighted by atomic mass is 15.0. The Morgan fingerprint density at radius 2 is 2.07 bits per heavy atom. The van der Waals surface area contributed by atoms with E-state index >= 15 is 0 Å². The van der Waals surface area contributed by atoms with Crippen LogP contribution in [0.4, 0.5) is 0 Å². The third-order valence-corrected chi connectivity index (χ3v) is 4.50. The number of fused-ring (bicyclic) bond motifs is 2. The monoisotopic (exact) mass is 208 g/mol. The van der Waals surface area contributed by atoms with Crippen molar-refractivity contribution in [1.29, 1.82) is 0 Å². The molecule has 2 heterocycles. The third-order valence-electron chi connectivity index (χ3n) is 4.50. The van der Waals surface area contributed by atoms with Crippen LogP contribution in [-0.4, -0.2) is 25.2 Å². The van der Waals surface area contributed by atoms with Crippen LogP contribution in [0, 0.1) is 11.8 Å². The van der Waals surface area contributed by atoms with E-state index < -0.39 is 0 Å². The second-order valence-electron chi connectivity index (χ2n) is 5.83. The Balaban J connectivity index is 1.26. The summed E-state index contributed by atoms with van der Waals surface area (Å²) in [6, 6.07) is 1.72. The largest absolute Gasteiger partial charge is 0.316 e. The summed E-state index contributed by atoms with van der Waals surface area (Å²) >= 11 is 0. The van der Waals surface area contributed by atoms with Crippen LogP contribution in [0.1, 0.15) is 44.9 Å². The Hall–Kier alpha value is -0.0800. The molecule has 0 aromatic rings. The average molecular weight is 208 g/mol. The fourth-order valence-corrected chi connectivity index (χ4v) is 3.37. The van der Waals surface area contributed by atoms with Crippen molar-refractivity contribution in [2.45, 2.75) is 57.0 Å². The molecule has 1 saturated carbocycles. The zero-order valence-electron chi connectivity index (χ0n) is 9.67. The van der Waals surface area contributed by atoms with E-state index in [0.717, 1.165) is 23.9 Å². The van der Waals surface area contributed by atoms with Gasteiger partial charge in [-0.05, 0) is 57.0 Å². The van der Waals surface area contributed by atoms with Crippen molar-refractivity contribution < 1.29 is 0 Å². The van der Waals surface area contributed by atoms with Gasteiger partial charge in [0.25, 0.3) is 0 Å². The van der Waals surface area contributed by atoms with Crippen molar-refractivity contribution in [2.75, 3.05) is 13.1 Å². The molecule has 3 aliphatic rings. The van der Waals surface area contributed by atoms with Gasteiger partial charge in [0.05, 0.1) is 0 Å². The Kier molecular flexibility index (Phi) is 2.98. The molecular formula is C13H24N2. The van der Waals surface area contributed by atoms with E-state index in [-0.39, 0.29) is 0 Å². The first-order valence-electron chi connectivity index (χ1n) is 6.88. The van der Waals surface area contributed by atoms with Gasteiger partial charge in [-0.1, -0.05) is 12.8 Å². The number of hydrogen-bond acceptors (Lipinski definition) is 2. The minimum Gasteiger partial charge on any atom is -0.316 e. The molecule has 0 amide bonds. The average Bonchev–Trinajstić information content (AvgIpc) is 2.84. The van der Waals surface area contributed by atoms with Gasteiger partial charge in [0.1, 0.15) is 0 Å². The highest BCUT2D eigenvalue weighted by Gasteiger charge is 2.38. The molecule has 0 aromatic carbocycles. The fraction of sp³-hybridized carbons (Fsp3) is 1.00. The molecule has 2 heteroatoms. The second-order valence-corrected chi connectivity index (χ2v) is 5.83. The van der Waals surface area contributed by atoms with Crippen LogP contribution in [0.2, 0.25) is 0 Å². The Morgan fingerprint density at radius 1 is 1.13 bits per heavy atom. The zero-order chi connectivity index (χ0) is 10.1. The summed E-state index contributed by atoms with van der Waals surface area (Å²) in [5.74, 6) is 2.04. The maximum absolute atomic E-state index is 3.71. The summed E-state index contributed by atoms with van der Waals surface area (Å²) in [6.45, 7) is 2.52. The van der Waals surface area contributed by atoms with Crippen molar-refractivity contribution in [3.63, 3.8) is 0 Å². The van der Waals surface area contributed by atoms with Crippen molar-refractivity contribution in [2.24, 2.45) is 11.8 Å². The van der Waals surface area contributed by atoms with Crippen molar-refractivity contribution >= 4 is 0 Å². The van der Waals surface area contributed by atoms with E-state index in [9.17, 15) is 0 Å². The van der Waals surface area contributed by atoms with Gasteiger partial charge in [0, 0.05) is 12.1 Å². The van der Waals surface area contributed by atoms with Crippen LogP contribution in [0.15, 0.2) is 0 Å². The Morgan fingerprint density at radius 3 is 2.73 bits per heavy atom. The van der Waals surface area contributed by atoms with Crippen LogP contribution < -0.4 is 10.6 Å². The van der Waals surface area contributed by atoms with E-state index in [4.69, 9.17) is 0 Å². The summed E-state index contributed by atoms with van der Waals surface area (Å²) in [5, 5.41) is 7.36. The molecule has 86 valence electrons. The lowest BCUT2D eigenvalue weighted by molar-refractivity contribution is 0.381. The van der Waals surface area contributed by atoms with E-state index in [1.807, 2.05) is 0 Å². The van der Waals surface area contributed by atoms with Gasteiger partial charge in [0.2, 0.25) is 0 Å². The maximum Gasteiger partial charge on any atom is 0.0111 e. The SMILES string of the molecule is C(CNCC1CC2CCC1N2)CC1CC1. The molecule has 3 atom stereocenters. The van der Waals surface area contributed by atoms with Crippen LogP contribution in [0.3, 0.4) is 0 Å². The van der Waals surface area contributed by atoms with Gasteiger partial charge in [-0.25, -0.2) is 0 Å². The molecule has 2 nitrogen and oxygen atoms in total. The smallest absolute Gasteiger partial charge is 0.0111 e. The highest BCUT2D eigenvalue weighted by Crippen LogP contribution is 2.34. The molecule has 2 saturated heterocycles. The Bertz CT molecular complexity index is 213.